The minimum absolute atomic E-state index is 0.0596. The van der Waals surface area contributed by atoms with E-state index >= 15 is 0 Å². The topological polar surface area (TPSA) is 41.1 Å². The molecule has 2 fully saturated rings. The van der Waals surface area contributed by atoms with Gasteiger partial charge >= 0.3 is 0 Å². The van der Waals surface area contributed by atoms with Gasteiger partial charge in [0.05, 0.1) is 0 Å². The molecule has 0 aromatic heterocycles. The monoisotopic (exact) mass is 272 g/mol. The van der Waals surface area contributed by atoms with E-state index in [4.69, 9.17) is 0 Å². The predicted octanol–water partition coefficient (Wildman–Crippen LogP) is 2.58. The van der Waals surface area contributed by atoms with Crippen LogP contribution in [0.1, 0.15) is 42.5 Å². The number of rotatable bonds is 6. The molecule has 2 atom stereocenters. The molecule has 2 unspecified atom stereocenters. The molecule has 1 aliphatic heterocycles. The van der Waals surface area contributed by atoms with Crippen molar-refractivity contribution in [3.05, 3.63) is 35.9 Å². The van der Waals surface area contributed by atoms with Crippen molar-refractivity contribution in [3.8, 4) is 0 Å². The highest BCUT2D eigenvalue weighted by Crippen LogP contribution is 2.37. The maximum atomic E-state index is 12.1. The molecule has 3 nitrogen and oxygen atoms in total. The lowest BCUT2D eigenvalue weighted by atomic mass is 9.92. The van der Waals surface area contributed by atoms with Crippen LogP contribution < -0.4 is 10.6 Å². The lowest BCUT2D eigenvalue weighted by molar-refractivity contribution is 0.0942. The van der Waals surface area contributed by atoms with Crippen LogP contribution >= 0.6 is 0 Å². The molecule has 1 aromatic carbocycles. The maximum absolute atomic E-state index is 12.1. The van der Waals surface area contributed by atoms with Gasteiger partial charge in [-0.15, -0.1) is 0 Å². The van der Waals surface area contributed by atoms with Gasteiger partial charge in [-0.2, -0.15) is 0 Å². The van der Waals surface area contributed by atoms with E-state index in [0.29, 0.717) is 12.0 Å². The molecule has 1 saturated heterocycles. The molecule has 2 N–H and O–H groups in total. The van der Waals surface area contributed by atoms with Crippen LogP contribution in [0, 0.1) is 11.8 Å². The van der Waals surface area contributed by atoms with Gasteiger partial charge in [-0.05, 0) is 49.8 Å². The Kier molecular flexibility index (Phi) is 4.36. The van der Waals surface area contributed by atoms with Gasteiger partial charge in [-0.3, -0.25) is 4.79 Å². The van der Waals surface area contributed by atoms with Gasteiger partial charge in [0, 0.05) is 18.2 Å². The molecule has 1 amide bonds. The first-order chi connectivity index (χ1) is 9.83. The highest BCUT2D eigenvalue weighted by atomic mass is 16.1. The first kappa shape index (κ1) is 13.6. The Morgan fingerprint density at radius 1 is 1.25 bits per heavy atom. The van der Waals surface area contributed by atoms with Gasteiger partial charge < -0.3 is 10.6 Å². The summed E-state index contributed by atoms with van der Waals surface area (Å²) in [7, 11) is 0. The maximum Gasteiger partial charge on any atom is 0.251 e. The summed E-state index contributed by atoms with van der Waals surface area (Å²) in [6, 6.07) is 10.1. The van der Waals surface area contributed by atoms with Gasteiger partial charge in [0.2, 0.25) is 0 Å². The van der Waals surface area contributed by atoms with Crippen LogP contribution in [-0.2, 0) is 0 Å². The van der Waals surface area contributed by atoms with E-state index in [2.05, 4.69) is 10.6 Å². The summed E-state index contributed by atoms with van der Waals surface area (Å²) < 4.78 is 0. The van der Waals surface area contributed by atoms with Crippen LogP contribution in [0.2, 0.25) is 0 Å². The molecule has 2 aliphatic rings. The van der Waals surface area contributed by atoms with E-state index in [0.717, 1.165) is 24.6 Å². The highest BCUT2D eigenvalue weighted by Gasteiger charge is 2.31. The number of hydrogen-bond donors (Lipinski definition) is 2. The zero-order valence-corrected chi connectivity index (χ0v) is 12.0. The van der Waals surface area contributed by atoms with Crippen molar-refractivity contribution < 1.29 is 4.79 Å². The first-order valence-electron chi connectivity index (χ1n) is 7.89. The van der Waals surface area contributed by atoms with Crippen LogP contribution in [0.5, 0.6) is 0 Å². The fourth-order valence-electron chi connectivity index (χ4n) is 3.20. The predicted molar refractivity (Wildman–Crippen MR) is 80.6 cm³/mol. The molecule has 1 saturated carbocycles. The van der Waals surface area contributed by atoms with Gasteiger partial charge in [0.25, 0.3) is 5.91 Å². The first-order valence-corrected chi connectivity index (χ1v) is 7.89. The quantitative estimate of drug-likeness (QED) is 0.835. The molecule has 0 spiro atoms. The van der Waals surface area contributed by atoms with Gasteiger partial charge in [0.1, 0.15) is 0 Å². The van der Waals surface area contributed by atoms with Crippen LogP contribution in [0.4, 0.5) is 0 Å². The van der Waals surface area contributed by atoms with Gasteiger partial charge in [-0.1, -0.05) is 31.0 Å². The molecule has 108 valence electrons. The van der Waals surface area contributed by atoms with Crippen LogP contribution in [0.15, 0.2) is 30.3 Å². The molecule has 20 heavy (non-hydrogen) atoms. The van der Waals surface area contributed by atoms with E-state index in [-0.39, 0.29) is 5.91 Å². The Morgan fingerprint density at radius 3 is 2.70 bits per heavy atom. The average Bonchev–Trinajstić information content (AvgIpc) is 3.14. The largest absolute Gasteiger partial charge is 0.352 e. The second-order valence-corrected chi connectivity index (χ2v) is 6.22. The van der Waals surface area contributed by atoms with Gasteiger partial charge in [0.15, 0.2) is 0 Å². The zero-order chi connectivity index (χ0) is 13.8. The van der Waals surface area contributed by atoms with Crippen molar-refractivity contribution in [3.63, 3.8) is 0 Å². The molecule has 1 aromatic rings. The molecular weight excluding hydrogens is 248 g/mol. The Labute approximate surface area is 121 Å². The normalized spacial score (nSPS) is 23.5. The number of carbonyl (C=O) groups excluding carboxylic acids is 1. The summed E-state index contributed by atoms with van der Waals surface area (Å²) >= 11 is 0. The molecular formula is C17H24N2O. The SMILES string of the molecule is O=C(NCC(CC1CC1)C1CCCN1)c1ccccc1. The number of nitrogens with one attached hydrogen (secondary N) is 2. The lowest BCUT2D eigenvalue weighted by Crippen LogP contribution is -2.39. The fraction of sp³-hybridized carbons (Fsp3) is 0.588. The van der Waals surface area contributed by atoms with Crippen molar-refractivity contribution in [2.45, 2.75) is 38.1 Å². The molecule has 1 aliphatic carbocycles. The summed E-state index contributed by atoms with van der Waals surface area (Å²) in [4.78, 5) is 12.1. The number of benzene rings is 1. The third-order valence-electron chi connectivity index (χ3n) is 4.56. The number of carbonyl (C=O) groups is 1. The number of amides is 1. The second-order valence-electron chi connectivity index (χ2n) is 6.22. The minimum Gasteiger partial charge on any atom is -0.352 e. The summed E-state index contributed by atoms with van der Waals surface area (Å²) in [5, 5.41) is 6.73. The van der Waals surface area contributed by atoms with Crippen molar-refractivity contribution in [2.75, 3.05) is 13.1 Å². The van der Waals surface area contributed by atoms with Crippen molar-refractivity contribution in [1.29, 1.82) is 0 Å². The summed E-state index contributed by atoms with van der Waals surface area (Å²) in [6.07, 6.45) is 6.58. The van der Waals surface area contributed by atoms with Crippen LogP contribution in [-0.4, -0.2) is 25.0 Å². The van der Waals surface area contributed by atoms with Crippen molar-refractivity contribution >= 4 is 5.91 Å². The van der Waals surface area contributed by atoms with Crippen LogP contribution in [0.25, 0.3) is 0 Å². The standard InChI is InChI=1S/C17H24N2O/c20-17(14-5-2-1-3-6-14)19-12-15(11-13-8-9-13)16-7-4-10-18-16/h1-3,5-6,13,15-16,18H,4,7-12H2,(H,19,20). The van der Waals surface area contributed by atoms with Crippen LogP contribution in [0.3, 0.4) is 0 Å². The summed E-state index contributed by atoms with van der Waals surface area (Å²) in [5.41, 5.74) is 0.761. The van der Waals surface area contributed by atoms with E-state index in [1.807, 2.05) is 30.3 Å². The van der Waals surface area contributed by atoms with E-state index in [1.54, 1.807) is 0 Å². The Bertz CT molecular complexity index is 436. The Morgan fingerprint density at radius 2 is 2.05 bits per heavy atom. The molecule has 1 heterocycles. The van der Waals surface area contributed by atoms with E-state index in [9.17, 15) is 4.79 Å². The van der Waals surface area contributed by atoms with E-state index in [1.165, 1.54) is 32.1 Å². The zero-order valence-electron chi connectivity index (χ0n) is 12.0. The summed E-state index contributed by atoms with van der Waals surface area (Å²) in [5.74, 6) is 1.57. The smallest absolute Gasteiger partial charge is 0.251 e. The molecule has 3 heteroatoms. The molecule has 0 bridgehead atoms. The molecule has 3 rings (SSSR count). The lowest BCUT2D eigenvalue weighted by Gasteiger charge is -2.24. The summed E-state index contributed by atoms with van der Waals surface area (Å²) in [6.45, 7) is 1.94. The molecule has 0 radical (unpaired) electrons. The average molecular weight is 272 g/mol. The Balaban J connectivity index is 1.54. The number of hydrogen-bond acceptors (Lipinski definition) is 2. The van der Waals surface area contributed by atoms with Crippen molar-refractivity contribution in [1.82, 2.24) is 10.6 Å². The fourth-order valence-corrected chi connectivity index (χ4v) is 3.20. The minimum atomic E-state index is 0.0596. The van der Waals surface area contributed by atoms with Crippen molar-refractivity contribution in [2.24, 2.45) is 11.8 Å². The third kappa shape index (κ3) is 3.60. The van der Waals surface area contributed by atoms with Gasteiger partial charge in [-0.25, -0.2) is 0 Å². The Hall–Kier alpha value is -1.35. The highest BCUT2D eigenvalue weighted by molar-refractivity contribution is 5.94. The second kappa shape index (κ2) is 6.40. The third-order valence-corrected chi connectivity index (χ3v) is 4.56. The van der Waals surface area contributed by atoms with E-state index < -0.39 is 0 Å².